The fraction of sp³-hybridized carbons (Fsp3) is 0.538. The molecular weight excluding hydrogens is 200 g/mol. The summed E-state index contributed by atoms with van der Waals surface area (Å²) >= 11 is 0. The van der Waals surface area contributed by atoms with Crippen LogP contribution in [0.5, 0.6) is 0 Å². The number of nitrogens with zero attached hydrogens (tertiary/aromatic N) is 1. The minimum atomic E-state index is 0.475. The molecule has 1 aromatic rings. The number of nitrogens with one attached hydrogen (secondary N) is 1. The van der Waals surface area contributed by atoms with Gasteiger partial charge in [0.1, 0.15) is 0 Å². The van der Waals surface area contributed by atoms with Gasteiger partial charge >= 0.3 is 0 Å². The summed E-state index contributed by atoms with van der Waals surface area (Å²) in [6.07, 6.45) is 0. The predicted octanol–water partition coefficient (Wildman–Crippen LogP) is 1.11. The van der Waals surface area contributed by atoms with E-state index >= 15 is 0 Å². The molecular formula is C13H20N2O. The SMILES string of the molecule is COCC1CN(Cc2ccccc2)CCN1. The average Bonchev–Trinajstić information content (AvgIpc) is 2.31. The van der Waals surface area contributed by atoms with Gasteiger partial charge in [0, 0.05) is 39.3 Å². The maximum Gasteiger partial charge on any atom is 0.0628 e. The molecule has 1 fully saturated rings. The molecule has 16 heavy (non-hydrogen) atoms. The van der Waals surface area contributed by atoms with Crippen LogP contribution < -0.4 is 5.32 Å². The first-order valence-electron chi connectivity index (χ1n) is 5.87. The van der Waals surface area contributed by atoms with Crippen LogP contribution in [-0.4, -0.2) is 44.3 Å². The highest BCUT2D eigenvalue weighted by molar-refractivity contribution is 5.14. The summed E-state index contributed by atoms with van der Waals surface area (Å²) in [6.45, 7) is 5.09. The summed E-state index contributed by atoms with van der Waals surface area (Å²) in [5, 5.41) is 3.47. The van der Waals surface area contributed by atoms with Gasteiger partial charge in [-0.1, -0.05) is 30.3 Å². The van der Waals surface area contributed by atoms with E-state index in [1.807, 2.05) is 0 Å². The van der Waals surface area contributed by atoms with Crippen LogP contribution in [0, 0.1) is 0 Å². The largest absolute Gasteiger partial charge is 0.383 e. The van der Waals surface area contributed by atoms with Crippen LogP contribution in [0.1, 0.15) is 5.56 Å². The molecule has 0 saturated carbocycles. The predicted molar refractivity (Wildman–Crippen MR) is 65.4 cm³/mol. The number of hydrogen-bond donors (Lipinski definition) is 1. The molecule has 1 aliphatic rings. The van der Waals surface area contributed by atoms with E-state index in [-0.39, 0.29) is 0 Å². The van der Waals surface area contributed by atoms with Crippen molar-refractivity contribution in [3.8, 4) is 0 Å². The number of ether oxygens (including phenoxy) is 1. The summed E-state index contributed by atoms with van der Waals surface area (Å²) in [5.74, 6) is 0. The van der Waals surface area contributed by atoms with Crippen molar-refractivity contribution in [3.05, 3.63) is 35.9 Å². The normalized spacial score (nSPS) is 22.2. The van der Waals surface area contributed by atoms with Crippen LogP contribution in [0.2, 0.25) is 0 Å². The highest BCUT2D eigenvalue weighted by Gasteiger charge is 2.18. The first-order valence-corrected chi connectivity index (χ1v) is 5.87. The molecule has 0 bridgehead atoms. The Morgan fingerprint density at radius 1 is 1.38 bits per heavy atom. The van der Waals surface area contributed by atoms with E-state index in [9.17, 15) is 0 Å². The van der Waals surface area contributed by atoms with Crippen LogP contribution >= 0.6 is 0 Å². The molecule has 3 nitrogen and oxygen atoms in total. The molecule has 0 radical (unpaired) electrons. The van der Waals surface area contributed by atoms with Gasteiger partial charge in [-0.25, -0.2) is 0 Å². The zero-order chi connectivity index (χ0) is 11.2. The zero-order valence-electron chi connectivity index (χ0n) is 9.86. The van der Waals surface area contributed by atoms with E-state index < -0.39 is 0 Å². The van der Waals surface area contributed by atoms with Gasteiger partial charge in [-0.2, -0.15) is 0 Å². The van der Waals surface area contributed by atoms with Gasteiger partial charge in [0.05, 0.1) is 6.61 Å². The average molecular weight is 220 g/mol. The smallest absolute Gasteiger partial charge is 0.0628 e. The molecule has 2 rings (SSSR count). The maximum absolute atomic E-state index is 5.19. The number of benzene rings is 1. The van der Waals surface area contributed by atoms with E-state index in [1.54, 1.807) is 7.11 Å². The standard InChI is InChI=1S/C13H20N2O/c1-16-11-13-10-15(8-7-14-13)9-12-5-3-2-4-6-12/h2-6,13-14H,7-11H2,1H3. The number of rotatable bonds is 4. The Kier molecular flexibility index (Phi) is 4.34. The molecule has 1 unspecified atom stereocenters. The third-order valence-electron chi connectivity index (χ3n) is 2.96. The van der Waals surface area contributed by atoms with Gasteiger partial charge in [-0.3, -0.25) is 4.90 Å². The summed E-state index contributed by atoms with van der Waals surface area (Å²) in [6, 6.07) is 11.1. The lowest BCUT2D eigenvalue weighted by Gasteiger charge is -2.33. The molecule has 0 aromatic heterocycles. The Morgan fingerprint density at radius 2 is 2.19 bits per heavy atom. The van der Waals surface area contributed by atoms with Crippen LogP contribution in [0.15, 0.2) is 30.3 Å². The van der Waals surface area contributed by atoms with E-state index in [1.165, 1.54) is 5.56 Å². The van der Waals surface area contributed by atoms with E-state index in [0.29, 0.717) is 6.04 Å². The first-order chi connectivity index (χ1) is 7.88. The molecule has 0 spiro atoms. The van der Waals surface area contributed by atoms with Crippen LogP contribution in [-0.2, 0) is 11.3 Å². The molecule has 1 N–H and O–H groups in total. The molecule has 1 atom stereocenters. The number of methoxy groups -OCH3 is 1. The monoisotopic (exact) mass is 220 g/mol. The Labute approximate surface area is 97.4 Å². The quantitative estimate of drug-likeness (QED) is 0.822. The molecule has 1 aromatic carbocycles. The van der Waals surface area contributed by atoms with Gasteiger partial charge in [0.15, 0.2) is 0 Å². The molecule has 1 aliphatic heterocycles. The maximum atomic E-state index is 5.19. The lowest BCUT2D eigenvalue weighted by Crippen LogP contribution is -2.52. The molecule has 1 heterocycles. The Hall–Kier alpha value is -0.900. The van der Waals surface area contributed by atoms with Crippen molar-refractivity contribution in [2.75, 3.05) is 33.4 Å². The summed E-state index contributed by atoms with van der Waals surface area (Å²) in [7, 11) is 1.76. The number of hydrogen-bond acceptors (Lipinski definition) is 3. The number of piperazine rings is 1. The molecule has 0 aliphatic carbocycles. The third kappa shape index (κ3) is 3.30. The summed E-state index contributed by atoms with van der Waals surface area (Å²) in [5.41, 5.74) is 1.39. The molecule has 0 amide bonds. The highest BCUT2D eigenvalue weighted by Crippen LogP contribution is 2.07. The minimum Gasteiger partial charge on any atom is -0.383 e. The second-order valence-electron chi connectivity index (χ2n) is 4.33. The van der Waals surface area contributed by atoms with Crippen molar-refractivity contribution in [2.24, 2.45) is 0 Å². The van der Waals surface area contributed by atoms with Crippen LogP contribution in [0.25, 0.3) is 0 Å². The Morgan fingerprint density at radius 3 is 2.94 bits per heavy atom. The zero-order valence-corrected chi connectivity index (χ0v) is 9.86. The van der Waals surface area contributed by atoms with E-state index in [0.717, 1.165) is 32.8 Å². The molecule has 1 saturated heterocycles. The van der Waals surface area contributed by atoms with E-state index in [2.05, 4.69) is 40.5 Å². The summed E-state index contributed by atoms with van der Waals surface area (Å²) in [4.78, 5) is 2.48. The van der Waals surface area contributed by atoms with Crippen molar-refractivity contribution in [1.29, 1.82) is 0 Å². The first kappa shape index (κ1) is 11.6. The molecule has 88 valence electrons. The lowest BCUT2D eigenvalue weighted by atomic mass is 10.1. The van der Waals surface area contributed by atoms with Crippen LogP contribution in [0.3, 0.4) is 0 Å². The minimum absolute atomic E-state index is 0.475. The fourth-order valence-corrected chi connectivity index (χ4v) is 2.19. The van der Waals surface area contributed by atoms with Gasteiger partial charge in [-0.05, 0) is 5.56 Å². The van der Waals surface area contributed by atoms with Gasteiger partial charge in [0.25, 0.3) is 0 Å². The third-order valence-corrected chi connectivity index (χ3v) is 2.96. The van der Waals surface area contributed by atoms with Crippen molar-refractivity contribution in [3.63, 3.8) is 0 Å². The topological polar surface area (TPSA) is 24.5 Å². The summed E-state index contributed by atoms with van der Waals surface area (Å²) < 4.78 is 5.19. The second-order valence-corrected chi connectivity index (χ2v) is 4.33. The van der Waals surface area contributed by atoms with Crippen molar-refractivity contribution >= 4 is 0 Å². The Bertz CT molecular complexity index is 300. The highest BCUT2D eigenvalue weighted by atomic mass is 16.5. The van der Waals surface area contributed by atoms with Gasteiger partial charge in [0.2, 0.25) is 0 Å². The van der Waals surface area contributed by atoms with Crippen molar-refractivity contribution < 1.29 is 4.74 Å². The second kappa shape index (κ2) is 5.99. The van der Waals surface area contributed by atoms with E-state index in [4.69, 9.17) is 4.74 Å². The fourth-order valence-electron chi connectivity index (χ4n) is 2.19. The lowest BCUT2D eigenvalue weighted by molar-refractivity contribution is 0.112. The molecule has 3 heteroatoms. The Balaban J connectivity index is 1.85. The van der Waals surface area contributed by atoms with Crippen molar-refractivity contribution in [1.82, 2.24) is 10.2 Å². The van der Waals surface area contributed by atoms with Crippen LogP contribution in [0.4, 0.5) is 0 Å². The van der Waals surface area contributed by atoms with Crippen molar-refractivity contribution in [2.45, 2.75) is 12.6 Å². The van der Waals surface area contributed by atoms with Gasteiger partial charge in [-0.15, -0.1) is 0 Å². The van der Waals surface area contributed by atoms with Gasteiger partial charge < -0.3 is 10.1 Å².